The van der Waals surface area contributed by atoms with Gasteiger partial charge in [-0.05, 0) is 49.1 Å². The van der Waals surface area contributed by atoms with Crippen molar-refractivity contribution in [2.75, 3.05) is 40.2 Å². The number of likely N-dealkylation sites (tertiary alicyclic amines) is 1. The van der Waals surface area contributed by atoms with Crippen molar-refractivity contribution in [2.24, 2.45) is 0 Å². The van der Waals surface area contributed by atoms with Crippen LogP contribution in [0.4, 0.5) is 0 Å². The summed E-state index contributed by atoms with van der Waals surface area (Å²) >= 11 is 12.5. The first-order chi connectivity index (χ1) is 16.1. The molecule has 10 heteroatoms. The molecule has 1 amide bonds. The number of hydrogen-bond acceptors (Lipinski definition) is 6. The van der Waals surface area contributed by atoms with Crippen molar-refractivity contribution in [3.05, 3.63) is 57.6 Å². The second-order valence-corrected chi connectivity index (χ2v) is 10.9. The summed E-state index contributed by atoms with van der Waals surface area (Å²) < 4.78 is 39.0. The van der Waals surface area contributed by atoms with E-state index in [1.165, 1.54) is 7.11 Å². The number of hydrogen-bond donors (Lipinski definition) is 0. The predicted octanol–water partition coefficient (Wildman–Crippen LogP) is 4.94. The summed E-state index contributed by atoms with van der Waals surface area (Å²) in [6.45, 7) is 0.920. The van der Waals surface area contributed by atoms with Gasteiger partial charge in [0, 0.05) is 24.6 Å². The van der Waals surface area contributed by atoms with E-state index in [4.69, 9.17) is 36.9 Å². The molecular formula is C24H29Cl2NO6S. The summed E-state index contributed by atoms with van der Waals surface area (Å²) in [5.74, 6) is 0.844. The highest BCUT2D eigenvalue weighted by Crippen LogP contribution is 2.40. The second-order valence-electron chi connectivity index (χ2n) is 8.44. The van der Waals surface area contributed by atoms with Crippen molar-refractivity contribution in [3.63, 3.8) is 0 Å². The molecule has 2 aromatic carbocycles. The van der Waals surface area contributed by atoms with Crippen LogP contribution in [-0.2, 0) is 19.7 Å². The zero-order valence-corrected chi connectivity index (χ0v) is 21.8. The van der Waals surface area contributed by atoms with Crippen molar-refractivity contribution in [2.45, 2.75) is 31.1 Å². The summed E-state index contributed by atoms with van der Waals surface area (Å²) in [6.07, 6.45) is 3.81. The van der Waals surface area contributed by atoms with Crippen LogP contribution >= 0.6 is 23.2 Å². The van der Waals surface area contributed by atoms with E-state index < -0.39 is 15.5 Å². The highest BCUT2D eigenvalue weighted by Gasteiger charge is 2.38. The van der Waals surface area contributed by atoms with Gasteiger partial charge >= 0.3 is 0 Å². The molecule has 1 aliphatic rings. The fourth-order valence-corrected chi connectivity index (χ4v) is 5.09. The number of ether oxygens (including phenoxy) is 2. The van der Waals surface area contributed by atoms with Gasteiger partial charge in [-0.3, -0.25) is 8.98 Å². The molecular weight excluding hydrogens is 501 g/mol. The topological polar surface area (TPSA) is 82.1 Å². The summed E-state index contributed by atoms with van der Waals surface area (Å²) in [5.41, 5.74) is 0.756. The fraction of sp³-hybridized carbons (Fsp3) is 0.458. The Balaban J connectivity index is 1.99. The second kappa shape index (κ2) is 11.2. The van der Waals surface area contributed by atoms with Crippen molar-refractivity contribution in [3.8, 4) is 11.5 Å². The van der Waals surface area contributed by atoms with Gasteiger partial charge in [0.1, 0.15) is 11.5 Å². The van der Waals surface area contributed by atoms with Gasteiger partial charge < -0.3 is 14.4 Å². The Kier molecular flexibility index (Phi) is 8.73. The minimum Gasteiger partial charge on any atom is -0.497 e. The lowest BCUT2D eigenvalue weighted by Gasteiger charge is -2.37. The molecule has 0 radical (unpaired) electrons. The highest BCUT2D eigenvalue weighted by atomic mass is 35.5. The van der Waals surface area contributed by atoms with Crippen molar-refractivity contribution < 1.29 is 26.9 Å². The molecule has 0 unspecified atom stereocenters. The standard InChI is InChI=1S/C24H29Cl2NO6S/c1-31-18-7-8-19(22(15-18)32-2)23(28)27-12-5-4-10-24(16-27,11-13-33-34(3,29)30)17-6-9-20(25)21(26)14-17/h6-9,14-15H,4-5,10-13,16H2,1-3H3/t24-/m1/s1. The molecule has 1 fully saturated rings. The van der Waals surface area contributed by atoms with Gasteiger partial charge in [-0.2, -0.15) is 8.42 Å². The maximum Gasteiger partial charge on any atom is 0.264 e. The molecule has 1 heterocycles. The van der Waals surface area contributed by atoms with Crippen molar-refractivity contribution >= 4 is 39.2 Å². The first-order valence-electron chi connectivity index (χ1n) is 10.9. The Bertz CT molecular complexity index is 1140. The van der Waals surface area contributed by atoms with Crippen LogP contribution in [-0.4, -0.2) is 59.4 Å². The summed E-state index contributed by atoms with van der Waals surface area (Å²) in [5, 5.41) is 0.832. The van der Waals surface area contributed by atoms with E-state index in [0.717, 1.165) is 31.1 Å². The molecule has 0 bridgehead atoms. The maximum absolute atomic E-state index is 13.6. The quantitative estimate of drug-likeness (QED) is 0.450. The van der Waals surface area contributed by atoms with Crippen LogP contribution in [0.15, 0.2) is 36.4 Å². The van der Waals surface area contributed by atoms with Gasteiger partial charge in [-0.1, -0.05) is 35.7 Å². The number of rotatable bonds is 8. The zero-order valence-electron chi connectivity index (χ0n) is 19.5. The van der Waals surface area contributed by atoms with E-state index in [0.29, 0.717) is 46.6 Å². The van der Waals surface area contributed by atoms with Crippen LogP contribution in [0, 0.1) is 0 Å². The van der Waals surface area contributed by atoms with E-state index in [9.17, 15) is 13.2 Å². The molecule has 2 aromatic rings. The SMILES string of the molecule is COc1ccc(C(=O)N2CCCC[C@](CCOS(C)(=O)=O)(c3ccc(Cl)c(Cl)c3)C2)c(OC)c1. The molecule has 0 saturated carbocycles. The molecule has 186 valence electrons. The average molecular weight is 530 g/mol. The monoisotopic (exact) mass is 529 g/mol. The van der Waals surface area contributed by atoms with Gasteiger partial charge in [-0.15, -0.1) is 0 Å². The Morgan fingerprint density at radius 1 is 1.06 bits per heavy atom. The number of carbonyl (C=O) groups excluding carboxylic acids is 1. The van der Waals surface area contributed by atoms with E-state index in [-0.39, 0.29) is 12.5 Å². The van der Waals surface area contributed by atoms with Crippen LogP contribution in [0.2, 0.25) is 10.0 Å². The first-order valence-corrected chi connectivity index (χ1v) is 13.5. The third-order valence-electron chi connectivity index (χ3n) is 6.16. The Labute approximate surface area is 211 Å². The molecule has 0 aromatic heterocycles. The minimum absolute atomic E-state index is 0.00698. The summed E-state index contributed by atoms with van der Waals surface area (Å²) in [7, 11) is -0.541. The molecule has 3 rings (SSSR count). The Hall–Kier alpha value is -2.00. The molecule has 0 N–H and O–H groups in total. The molecule has 7 nitrogen and oxygen atoms in total. The van der Waals surface area contributed by atoms with Gasteiger partial charge in [0.2, 0.25) is 0 Å². The third-order valence-corrected chi connectivity index (χ3v) is 7.50. The number of amides is 1. The predicted molar refractivity (Wildman–Crippen MR) is 133 cm³/mol. The van der Waals surface area contributed by atoms with Crippen molar-refractivity contribution in [1.82, 2.24) is 4.90 Å². The first kappa shape index (κ1) is 26.6. The summed E-state index contributed by atoms with van der Waals surface area (Å²) in [4.78, 5) is 15.4. The molecule has 1 aliphatic heterocycles. The molecule has 1 atom stereocenters. The average Bonchev–Trinajstić information content (AvgIpc) is 3.02. The lowest BCUT2D eigenvalue weighted by Crippen LogP contribution is -2.43. The van der Waals surface area contributed by atoms with E-state index in [1.807, 2.05) is 6.07 Å². The van der Waals surface area contributed by atoms with Gasteiger partial charge in [0.15, 0.2) is 0 Å². The Morgan fingerprint density at radius 2 is 1.82 bits per heavy atom. The fourth-order valence-electron chi connectivity index (χ4n) is 4.41. The molecule has 0 spiro atoms. The molecule has 0 aliphatic carbocycles. The smallest absolute Gasteiger partial charge is 0.264 e. The van der Waals surface area contributed by atoms with Crippen LogP contribution in [0.3, 0.4) is 0 Å². The highest BCUT2D eigenvalue weighted by molar-refractivity contribution is 7.85. The van der Waals surface area contributed by atoms with E-state index in [1.54, 1.807) is 42.3 Å². The number of nitrogens with zero attached hydrogens (tertiary/aromatic N) is 1. The third kappa shape index (κ3) is 6.36. The van der Waals surface area contributed by atoms with Gasteiger partial charge in [-0.25, -0.2) is 0 Å². The normalized spacial score (nSPS) is 18.9. The van der Waals surface area contributed by atoms with Crippen LogP contribution in [0.1, 0.15) is 41.6 Å². The minimum atomic E-state index is -3.60. The van der Waals surface area contributed by atoms with E-state index >= 15 is 0 Å². The lowest BCUT2D eigenvalue weighted by molar-refractivity contribution is 0.0712. The zero-order chi connectivity index (χ0) is 24.9. The van der Waals surface area contributed by atoms with Crippen LogP contribution in [0.25, 0.3) is 0 Å². The van der Waals surface area contributed by atoms with Crippen LogP contribution < -0.4 is 9.47 Å². The number of halogens is 2. The number of methoxy groups -OCH3 is 2. The lowest BCUT2D eigenvalue weighted by atomic mass is 9.74. The van der Waals surface area contributed by atoms with Gasteiger partial charge in [0.25, 0.3) is 16.0 Å². The summed E-state index contributed by atoms with van der Waals surface area (Å²) in [6, 6.07) is 10.5. The molecule has 1 saturated heterocycles. The van der Waals surface area contributed by atoms with Gasteiger partial charge in [0.05, 0.1) is 42.7 Å². The van der Waals surface area contributed by atoms with Crippen LogP contribution in [0.5, 0.6) is 11.5 Å². The van der Waals surface area contributed by atoms with Crippen molar-refractivity contribution in [1.29, 1.82) is 0 Å². The number of benzene rings is 2. The molecule has 34 heavy (non-hydrogen) atoms. The largest absolute Gasteiger partial charge is 0.497 e. The maximum atomic E-state index is 13.6. The van der Waals surface area contributed by atoms with E-state index in [2.05, 4.69) is 0 Å². The number of carbonyl (C=O) groups is 1. The Morgan fingerprint density at radius 3 is 2.47 bits per heavy atom.